The lowest BCUT2D eigenvalue weighted by molar-refractivity contribution is -0.154. The summed E-state index contributed by atoms with van der Waals surface area (Å²) >= 11 is 5.38. The van der Waals surface area contributed by atoms with Gasteiger partial charge in [-0.3, -0.25) is 4.79 Å². The number of carbonyl (C=O) groups is 1. The van der Waals surface area contributed by atoms with Gasteiger partial charge in [0.2, 0.25) is 5.88 Å². The molecular formula is C7H4ClF3N2O2. The topological polar surface area (TPSA) is 52.1 Å². The number of nitrogens with zero attached hydrogens (tertiary/aromatic N) is 2. The summed E-state index contributed by atoms with van der Waals surface area (Å²) in [6.45, 7) is -1.54. The van der Waals surface area contributed by atoms with Crippen LogP contribution in [-0.4, -0.2) is 29.0 Å². The summed E-state index contributed by atoms with van der Waals surface area (Å²) in [7, 11) is 0. The lowest BCUT2D eigenvalue weighted by atomic mass is 10.5. The van der Waals surface area contributed by atoms with E-state index in [0.29, 0.717) is 0 Å². The predicted molar refractivity (Wildman–Crippen MR) is 44.0 cm³/mol. The summed E-state index contributed by atoms with van der Waals surface area (Å²) in [5.74, 6) is -0.494. The van der Waals surface area contributed by atoms with Gasteiger partial charge in [-0.25, -0.2) is 9.97 Å². The monoisotopic (exact) mass is 240 g/mol. The maximum absolute atomic E-state index is 11.8. The molecule has 1 heterocycles. The van der Waals surface area contributed by atoms with Crippen molar-refractivity contribution in [2.75, 3.05) is 6.61 Å². The van der Waals surface area contributed by atoms with Crippen LogP contribution >= 0.6 is 11.6 Å². The summed E-state index contributed by atoms with van der Waals surface area (Å²) in [6, 6.07) is 0. The van der Waals surface area contributed by atoms with Gasteiger partial charge in [0.15, 0.2) is 18.6 Å². The van der Waals surface area contributed by atoms with E-state index in [1.54, 1.807) is 0 Å². The first kappa shape index (κ1) is 11.7. The zero-order valence-corrected chi connectivity index (χ0v) is 7.84. The number of aldehydes is 1. The number of halogens is 4. The van der Waals surface area contributed by atoms with E-state index >= 15 is 0 Å². The van der Waals surface area contributed by atoms with E-state index in [-0.39, 0.29) is 17.1 Å². The van der Waals surface area contributed by atoms with Crippen molar-refractivity contribution in [3.05, 3.63) is 17.0 Å². The Morgan fingerprint density at radius 1 is 1.53 bits per heavy atom. The highest BCUT2D eigenvalue weighted by Gasteiger charge is 2.29. The molecule has 0 atom stereocenters. The molecular weight excluding hydrogens is 237 g/mol. The van der Waals surface area contributed by atoms with Crippen LogP contribution in [0.2, 0.25) is 5.15 Å². The molecule has 0 aromatic carbocycles. The second-order valence-corrected chi connectivity index (χ2v) is 2.79. The fraction of sp³-hybridized carbons (Fsp3) is 0.286. The summed E-state index contributed by atoms with van der Waals surface area (Å²) in [5, 5.41) is -0.101. The van der Waals surface area contributed by atoms with Gasteiger partial charge in [-0.1, -0.05) is 11.6 Å². The van der Waals surface area contributed by atoms with Crippen LogP contribution in [0.3, 0.4) is 0 Å². The largest absolute Gasteiger partial charge is 0.466 e. The van der Waals surface area contributed by atoms with Crippen LogP contribution in [0.25, 0.3) is 0 Å². The Hall–Kier alpha value is -1.37. The van der Waals surface area contributed by atoms with Gasteiger partial charge in [0.25, 0.3) is 0 Å². The number of hydrogen-bond acceptors (Lipinski definition) is 4. The molecule has 0 amide bonds. The van der Waals surface area contributed by atoms with Crippen molar-refractivity contribution in [3.63, 3.8) is 0 Å². The molecule has 0 N–H and O–H groups in total. The Kier molecular flexibility index (Phi) is 3.46. The molecule has 0 saturated carbocycles. The van der Waals surface area contributed by atoms with E-state index in [4.69, 9.17) is 11.6 Å². The fourth-order valence-electron chi connectivity index (χ4n) is 0.708. The highest BCUT2D eigenvalue weighted by Crippen LogP contribution is 2.19. The van der Waals surface area contributed by atoms with Crippen molar-refractivity contribution >= 4 is 17.9 Å². The molecule has 0 bridgehead atoms. The molecule has 0 radical (unpaired) electrons. The van der Waals surface area contributed by atoms with Crippen molar-refractivity contribution < 1.29 is 22.7 Å². The second kappa shape index (κ2) is 4.43. The van der Waals surface area contributed by atoms with Gasteiger partial charge in [0, 0.05) is 0 Å². The molecule has 0 aliphatic rings. The first-order valence-electron chi connectivity index (χ1n) is 3.59. The number of hydrogen-bond donors (Lipinski definition) is 0. The number of ether oxygens (including phenoxy) is 1. The summed E-state index contributed by atoms with van der Waals surface area (Å²) in [5.41, 5.74) is -0.369. The van der Waals surface area contributed by atoms with Crippen LogP contribution in [0.15, 0.2) is 6.20 Å². The molecule has 0 saturated heterocycles. The van der Waals surface area contributed by atoms with E-state index in [0.717, 1.165) is 6.20 Å². The van der Waals surface area contributed by atoms with Crippen molar-refractivity contribution in [2.45, 2.75) is 6.18 Å². The summed E-state index contributed by atoms with van der Waals surface area (Å²) in [6.07, 6.45) is -3.30. The number of rotatable bonds is 3. The average molecular weight is 241 g/mol. The molecule has 1 aromatic rings. The van der Waals surface area contributed by atoms with E-state index in [1.165, 1.54) is 0 Å². The highest BCUT2D eigenvalue weighted by atomic mass is 35.5. The molecule has 0 unspecified atom stereocenters. The van der Waals surface area contributed by atoms with Crippen molar-refractivity contribution in [2.24, 2.45) is 0 Å². The Morgan fingerprint density at radius 3 is 2.73 bits per heavy atom. The fourth-order valence-corrected chi connectivity index (χ4v) is 0.848. The first-order valence-corrected chi connectivity index (χ1v) is 3.97. The molecule has 1 aromatic heterocycles. The van der Waals surface area contributed by atoms with E-state index in [2.05, 4.69) is 14.7 Å². The average Bonchev–Trinajstić information content (AvgIpc) is 2.14. The van der Waals surface area contributed by atoms with Crippen molar-refractivity contribution in [1.82, 2.24) is 9.97 Å². The SMILES string of the molecule is O=Cc1nc(Cl)cnc1OCC(F)(F)F. The molecule has 15 heavy (non-hydrogen) atoms. The van der Waals surface area contributed by atoms with Crippen LogP contribution in [0.4, 0.5) is 13.2 Å². The first-order chi connectivity index (χ1) is 6.92. The second-order valence-electron chi connectivity index (χ2n) is 2.40. The lowest BCUT2D eigenvalue weighted by Crippen LogP contribution is -2.20. The summed E-state index contributed by atoms with van der Waals surface area (Å²) < 4.78 is 39.6. The van der Waals surface area contributed by atoms with Crippen LogP contribution in [0, 0.1) is 0 Å². The van der Waals surface area contributed by atoms with Crippen molar-refractivity contribution in [1.29, 1.82) is 0 Å². The maximum Gasteiger partial charge on any atom is 0.422 e. The van der Waals surface area contributed by atoms with E-state index < -0.39 is 18.7 Å². The van der Waals surface area contributed by atoms with E-state index in [1.807, 2.05) is 0 Å². The van der Waals surface area contributed by atoms with Crippen molar-refractivity contribution in [3.8, 4) is 5.88 Å². The Labute approximate surface area is 87.0 Å². The normalized spacial score (nSPS) is 11.2. The lowest BCUT2D eigenvalue weighted by Gasteiger charge is -2.08. The molecule has 1 rings (SSSR count). The molecule has 82 valence electrons. The predicted octanol–water partition coefficient (Wildman–Crippen LogP) is 1.88. The molecule has 0 fully saturated rings. The third-order valence-electron chi connectivity index (χ3n) is 1.22. The molecule has 8 heteroatoms. The minimum absolute atomic E-state index is 0.101. The maximum atomic E-state index is 11.8. The van der Waals surface area contributed by atoms with Gasteiger partial charge in [-0.2, -0.15) is 13.2 Å². The summed E-state index contributed by atoms with van der Waals surface area (Å²) in [4.78, 5) is 17.2. The quantitative estimate of drug-likeness (QED) is 0.757. The van der Waals surface area contributed by atoms with E-state index in [9.17, 15) is 18.0 Å². The zero-order valence-electron chi connectivity index (χ0n) is 7.08. The number of alkyl halides is 3. The van der Waals surface area contributed by atoms with Gasteiger partial charge < -0.3 is 4.74 Å². The third kappa shape index (κ3) is 3.70. The molecule has 4 nitrogen and oxygen atoms in total. The van der Waals surface area contributed by atoms with Crippen LogP contribution in [0.5, 0.6) is 5.88 Å². The van der Waals surface area contributed by atoms with Gasteiger partial charge in [0.1, 0.15) is 5.15 Å². The van der Waals surface area contributed by atoms with Crippen LogP contribution < -0.4 is 4.74 Å². The number of carbonyl (C=O) groups excluding carboxylic acids is 1. The zero-order chi connectivity index (χ0) is 11.5. The minimum Gasteiger partial charge on any atom is -0.466 e. The third-order valence-corrected chi connectivity index (χ3v) is 1.40. The Balaban J connectivity index is 2.81. The van der Waals surface area contributed by atoms with Gasteiger partial charge in [-0.15, -0.1) is 0 Å². The molecule has 0 aliphatic carbocycles. The van der Waals surface area contributed by atoms with Gasteiger partial charge >= 0.3 is 6.18 Å². The minimum atomic E-state index is -4.50. The van der Waals surface area contributed by atoms with Gasteiger partial charge in [0.05, 0.1) is 6.20 Å². The van der Waals surface area contributed by atoms with Crippen LogP contribution in [0.1, 0.15) is 10.5 Å². The highest BCUT2D eigenvalue weighted by molar-refractivity contribution is 6.29. The molecule has 0 spiro atoms. The Bertz CT molecular complexity index is 370. The van der Waals surface area contributed by atoms with Gasteiger partial charge in [-0.05, 0) is 0 Å². The van der Waals surface area contributed by atoms with Crippen LogP contribution in [-0.2, 0) is 0 Å². The smallest absolute Gasteiger partial charge is 0.422 e. The number of aromatic nitrogens is 2. The Morgan fingerprint density at radius 2 is 2.20 bits per heavy atom. The molecule has 0 aliphatic heterocycles. The standard InChI is InChI=1S/C7H4ClF3N2O2/c8-5-1-12-6(4(2-14)13-5)15-3-7(9,10)11/h1-2H,3H2.